The van der Waals surface area contributed by atoms with Crippen molar-refractivity contribution in [3.63, 3.8) is 0 Å². The number of hydrogen-bond acceptors (Lipinski definition) is 3. The van der Waals surface area contributed by atoms with Gasteiger partial charge in [-0.25, -0.2) is 0 Å². The molecule has 96 valence electrons. The topological polar surface area (TPSA) is 44.5 Å². The maximum absolute atomic E-state index is 5.91. The van der Waals surface area contributed by atoms with Gasteiger partial charge in [-0.2, -0.15) is 0 Å². The van der Waals surface area contributed by atoms with Crippen LogP contribution in [0.5, 0.6) is 5.75 Å². The van der Waals surface area contributed by atoms with Gasteiger partial charge in [0.2, 0.25) is 0 Å². The summed E-state index contributed by atoms with van der Waals surface area (Å²) in [6.07, 6.45) is 0. The number of rotatable bonds is 5. The Bertz CT molecular complexity index is 361. The van der Waals surface area contributed by atoms with Crippen LogP contribution in [0.25, 0.3) is 0 Å². The molecular formula is C13H20ClNO2. The number of halogens is 1. The van der Waals surface area contributed by atoms with Crippen LogP contribution in [0.1, 0.15) is 26.3 Å². The predicted octanol–water partition coefficient (Wildman–Crippen LogP) is 2.99. The maximum Gasteiger partial charge on any atom is 0.125 e. The second kappa shape index (κ2) is 6.24. The van der Waals surface area contributed by atoms with Crippen LogP contribution in [0, 0.1) is 0 Å². The second-order valence-electron chi connectivity index (χ2n) is 4.77. The van der Waals surface area contributed by atoms with E-state index in [4.69, 9.17) is 26.8 Å². The van der Waals surface area contributed by atoms with E-state index in [2.05, 4.69) is 0 Å². The lowest BCUT2D eigenvalue weighted by molar-refractivity contribution is -0.0163. The van der Waals surface area contributed by atoms with Gasteiger partial charge in [0.1, 0.15) is 12.4 Å². The normalized spacial score (nSPS) is 11.6. The summed E-state index contributed by atoms with van der Waals surface area (Å²) in [6.45, 7) is 7.50. The summed E-state index contributed by atoms with van der Waals surface area (Å²) in [7, 11) is 0. The van der Waals surface area contributed by atoms with Gasteiger partial charge in [-0.05, 0) is 32.9 Å². The van der Waals surface area contributed by atoms with Gasteiger partial charge in [-0.1, -0.05) is 17.7 Å². The Morgan fingerprint density at radius 2 is 1.94 bits per heavy atom. The largest absolute Gasteiger partial charge is 0.491 e. The van der Waals surface area contributed by atoms with Crippen molar-refractivity contribution in [3.05, 3.63) is 28.8 Å². The van der Waals surface area contributed by atoms with Crippen LogP contribution < -0.4 is 10.5 Å². The fraction of sp³-hybridized carbons (Fsp3) is 0.538. The van der Waals surface area contributed by atoms with Gasteiger partial charge >= 0.3 is 0 Å². The Morgan fingerprint density at radius 1 is 1.24 bits per heavy atom. The molecule has 0 radical (unpaired) electrons. The van der Waals surface area contributed by atoms with Crippen LogP contribution >= 0.6 is 11.6 Å². The molecular weight excluding hydrogens is 238 g/mol. The summed E-state index contributed by atoms with van der Waals surface area (Å²) >= 11 is 5.91. The summed E-state index contributed by atoms with van der Waals surface area (Å²) in [5.74, 6) is 0.734. The molecule has 0 aliphatic heterocycles. The Morgan fingerprint density at radius 3 is 2.53 bits per heavy atom. The first-order valence-corrected chi connectivity index (χ1v) is 6.05. The fourth-order valence-corrected chi connectivity index (χ4v) is 1.49. The molecule has 0 fully saturated rings. The standard InChI is InChI=1S/C13H20ClNO2/c1-13(2,3)17-7-6-16-12-8-11(14)5-4-10(12)9-15/h4-5,8H,6-7,9,15H2,1-3H3. The first kappa shape index (κ1) is 14.3. The van der Waals surface area contributed by atoms with E-state index >= 15 is 0 Å². The molecule has 0 unspecified atom stereocenters. The molecule has 4 heteroatoms. The number of benzene rings is 1. The second-order valence-corrected chi connectivity index (χ2v) is 5.20. The minimum absolute atomic E-state index is 0.144. The summed E-state index contributed by atoms with van der Waals surface area (Å²) in [5.41, 5.74) is 6.42. The summed E-state index contributed by atoms with van der Waals surface area (Å²) in [4.78, 5) is 0. The van der Waals surface area contributed by atoms with Crippen molar-refractivity contribution >= 4 is 11.6 Å². The van der Waals surface area contributed by atoms with E-state index in [1.807, 2.05) is 32.9 Å². The van der Waals surface area contributed by atoms with Crippen LogP contribution in [0.4, 0.5) is 0 Å². The lowest BCUT2D eigenvalue weighted by Crippen LogP contribution is -2.22. The molecule has 1 aromatic rings. The van der Waals surface area contributed by atoms with E-state index < -0.39 is 0 Å². The minimum atomic E-state index is -0.144. The molecule has 0 heterocycles. The average Bonchev–Trinajstić information content (AvgIpc) is 2.23. The Labute approximate surface area is 108 Å². The summed E-state index contributed by atoms with van der Waals surface area (Å²) < 4.78 is 11.2. The van der Waals surface area contributed by atoms with Gasteiger partial charge in [0.15, 0.2) is 0 Å². The van der Waals surface area contributed by atoms with E-state index in [-0.39, 0.29) is 5.60 Å². The molecule has 0 saturated heterocycles. The third-order valence-electron chi connectivity index (χ3n) is 2.13. The van der Waals surface area contributed by atoms with E-state index in [0.717, 1.165) is 11.3 Å². The average molecular weight is 258 g/mol. The molecule has 2 N–H and O–H groups in total. The Balaban J connectivity index is 2.48. The molecule has 0 amide bonds. The van der Waals surface area contributed by atoms with Gasteiger partial charge in [-0.15, -0.1) is 0 Å². The van der Waals surface area contributed by atoms with Gasteiger partial charge < -0.3 is 15.2 Å². The zero-order chi connectivity index (χ0) is 12.9. The first-order valence-electron chi connectivity index (χ1n) is 5.67. The Kier molecular flexibility index (Phi) is 5.25. The molecule has 0 bridgehead atoms. The fourth-order valence-electron chi connectivity index (χ4n) is 1.33. The third kappa shape index (κ3) is 5.39. The van der Waals surface area contributed by atoms with Gasteiger partial charge in [0, 0.05) is 17.1 Å². The van der Waals surface area contributed by atoms with Crippen molar-refractivity contribution in [2.24, 2.45) is 5.73 Å². The number of hydrogen-bond donors (Lipinski definition) is 1. The maximum atomic E-state index is 5.91. The van der Waals surface area contributed by atoms with Crippen molar-refractivity contribution in [1.29, 1.82) is 0 Å². The van der Waals surface area contributed by atoms with Crippen LogP contribution in [0.3, 0.4) is 0 Å². The lowest BCUT2D eigenvalue weighted by atomic mass is 10.2. The van der Waals surface area contributed by atoms with Gasteiger partial charge in [0.25, 0.3) is 0 Å². The van der Waals surface area contributed by atoms with Crippen molar-refractivity contribution in [2.45, 2.75) is 32.9 Å². The quantitative estimate of drug-likeness (QED) is 0.825. The van der Waals surface area contributed by atoms with E-state index in [0.29, 0.717) is 24.8 Å². The molecule has 1 rings (SSSR count). The molecule has 0 atom stereocenters. The van der Waals surface area contributed by atoms with E-state index in [9.17, 15) is 0 Å². The molecule has 0 aliphatic carbocycles. The number of nitrogens with two attached hydrogens (primary N) is 1. The van der Waals surface area contributed by atoms with E-state index in [1.165, 1.54) is 0 Å². The zero-order valence-corrected chi connectivity index (χ0v) is 11.4. The van der Waals surface area contributed by atoms with Crippen LogP contribution in [-0.4, -0.2) is 18.8 Å². The summed E-state index contributed by atoms with van der Waals surface area (Å²) in [6, 6.07) is 5.46. The van der Waals surface area contributed by atoms with Gasteiger partial charge in [0.05, 0.1) is 12.2 Å². The minimum Gasteiger partial charge on any atom is -0.491 e. The van der Waals surface area contributed by atoms with Crippen LogP contribution in [0.15, 0.2) is 18.2 Å². The highest BCUT2D eigenvalue weighted by Gasteiger charge is 2.10. The SMILES string of the molecule is CC(C)(C)OCCOc1cc(Cl)ccc1CN. The van der Waals surface area contributed by atoms with Crippen molar-refractivity contribution in [2.75, 3.05) is 13.2 Å². The Hall–Kier alpha value is -0.770. The number of ether oxygens (including phenoxy) is 2. The molecule has 0 saturated carbocycles. The third-order valence-corrected chi connectivity index (χ3v) is 2.36. The predicted molar refractivity (Wildman–Crippen MR) is 70.5 cm³/mol. The van der Waals surface area contributed by atoms with Crippen molar-refractivity contribution < 1.29 is 9.47 Å². The smallest absolute Gasteiger partial charge is 0.125 e. The van der Waals surface area contributed by atoms with Gasteiger partial charge in [-0.3, -0.25) is 0 Å². The zero-order valence-electron chi connectivity index (χ0n) is 10.6. The molecule has 17 heavy (non-hydrogen) atoms. The monoisotopic (exact) mass is 257 g/mol. The van der Waals surface area contributed by atoms with Crippen molar-refractivity contribution in [3.8, 4) is 5.75 Å². The highest BCUT2D eigenvalue weighted by molar-refractivity contribution is 6.30. The highest BCUT2D eigenvalue weighted by atomic mass is 35.5. The lowest BCUT2D eigenvalue weighted by Gasteiger charge is -2.20. The molecule has 0 spiro atoms. The van der Waals surface area contributed by atoms with Crippen LogP contribution in [0.2, 0.25) is 5.02 Å². The summed E-state index contributed by atoms with van der Waals surface area (Å²) in [5, 5.41) is 0.647. The molecule has 1 aromatic carbocycles. The van der Waals surface area contributed by atoms with Crippen molar-refractivity contribution in [1.82, 2.24) is 0 Å². The molecule has 3 nitrogen and oxygen atoms in total. The highest BCUT2D eigenvalue weighted by Crippen LogP contribution is 2.23. The molecule has 0 aromatic heterocycles. The first-order chi connectivity index (χ1) is 7.92. The van der Waals surface area contributed by atoms with E-state index in [1.54, 1.807) is 6.07 Å². The molecule has 0 aliphatic rings. The van der Waals surface area contributed by atoms with Crippen LogP contribution in [-0.2, 0) is 11.3 Å².